The van der Waals surface area contributed by atoms with E-state index in [1.54, 1.807) is 0 Å². The van der Waals surface area contributed by atoms with E-state index < -0.39 is 0 Å². The zero-order chi connectivity index (χ0) is 16.5. The topological polar surface area (TPSA) is 46.9 Å². The van der Waals surface area contributed by atoms with E-state index in [2.05, 4.69) is 24.3 Å². The number of amides is 1. The van der Waals surface area contributed by atoms with E-state index in [1.165, 1.54) is 19.3 Å². The summed E-state index contributed by atoms with van der Waals surface area (Å²) in [5.41, 5.74) is 2.12. The Morgan fingerprint density at radius 3 is 2.78 bits per heavy atom. The van der Waals surface area contributed by atoms with E-state index in [9.17, 15) is 4.79 Å². The fourth-order valence-corrected chi connectivity index (χ4v) is 2.59. The van der Waals surface area contributed by atoms with Crippen molar-refractivity contribution in [2.75, 3.05) is 0 Å². The van der Waals surface area contributed by atoms with Gasteiger partial charge < -0.3 is 5.32 Å². The molecule has 4 nitrogen and oxygen atoms in total. The van der Waals surface area contributed by atoms with Crippen LogP contribution in [0.1, 0.15) is 51.5 Å². The van der Waals surface area contributed by atoms with Gasteiger partial charge in [0.2, 0.25) is 5.91 Å². The molecule has 0 spiro atoms. The van der Waals surface area contributed by atoms with Gasteiger partial charge in [-0.1, -0.05) is 44.4 Å². The van der Waals surface area contributed by atoms with Crippen molar-refractivity contribution in [3.05, 3.63) is 48.3 Å². The highest BCUT2D eigenvalue weighted by molar-refractivity contribution is 5.76. The predicted molar refractivity (Wildman–Crippen MR) is 93.6 cm³/mol. The molecule has 0 saturated heterocycles. The van der Waals surface area contributed by atoms with Gasteiger partial charge in [-0.3, -0.25) is 4.79 Å². The van der Waals surface area contributed by atoms with Gasteiger partial charge in [-0.15, -0.1) is 0 Å². The van der Waals surface area contributed by atoms with Gasteiger partial charge in [0.15, 0.2) is 0 Å². The van der Waals surface area contributed by atoms with Crippen molar-refractivity contribution >= 4 is 5.91 Å². The van der Waals surface area contributed by atoms with E-state index in [0.29, 0.717) is 6.42 Å². The van der Waals surface area contributed by atoms with Crippen LogP contribution >= 0.6 is 0 Å². The van der Waals surface area contributed by atoms with E-state index in [-0.39, 0.29) is 11.9 Å². The number of carbonyl (C=O) groups excluding carboxylic acids is 1. The molecule has 0 fully saturated rings. The minimum atomic E-state index is 0.126. The summed E-state index contributed by atoms with van der Waals surface area (Å²) < 4.78 is 1.85. The molecule has 124 valence electrons. The number of rotatable bonds is 9. The van der Waals surface area contributed by atoms with Crippen LogP contribution in [0.2, 0.25) is 0 Å². The Labute approximate surface area is 138 Å². The molecule has 0 bridgehead atoms. The maximum absolute atomic E-state index is 12.0. The molecule has 1 heterocycles. The summed E-state index contributed by atoms with van der Waals surface area (Å²) in [4.78, 5) is 12.0. The van der Waals surface area contributed by atoms with Gasteiger partial charge in [0.05, 0.1) is 11.9 Å². The number of aromatic nitrogens is 2. The van der Waals surface area contributed by atoms with Crippen LogP contribution in [-0.2, 0) is 11.2 Å². The summed E-state index contributed by atoms with van der Waals surface area (Å²) in [7, 11) is 0. The fraction of sp³-hybridized carbons (Fsp3) is 0.474. The number of nitrogens with zero attached hydrogens (tertiary/aromatic N) is 2. The Bertz CT molecular complexity index is 592. The zero-order valence-corrected chi connectivity index (χ0v) is 14.2. The molecule has 4 heteroatoms. The standard InChI is InChI=1S/C19H27N3O/c1-3-4-6-9-16(2)21-19(23)13-12-17-14-20-22(15-17)18-10-7-5-8-11-18/h5,7-8,10-11,14-16H,3-4,6,9,12-13H2,1-2H3,(H,21,23). The highest BCUT2D eigenvalue weighted by Crippen LogP contribution is 2.09. The number of aryl methyl sites for hydroxylation is 1. The third-order valence-corrected chi connectivity index (χ3v) is 3.95. The van der Waals surface area contributed by atoms with Crippen molar-refractivity contribution in [2.45, 2.75) is 58.4 Å². The normalized spacial score (nSPS) is 12.1. The third kappa shape index (κ3) is 5.89. The van der Waals surface area contributed by atoms with Gasteiger partial charge in [-0.05, 0) is 37.5 Å². The monoisotopic (exact) mass is 313 g/mol. The molecule has 1 aromatic carbocycles. The van der Waals surface area contributed by atoms with Crippen molar-refractivity contribution in [1.29, 1.82) is 0 Å². The third-order valence-electron chi connectivity index (χ3n) is 3.95. The maximum Gasteiger partial charge on any atom is 0.220 e. The van der Waals surface area contributed by atoms with Crippen LogP contribution in [0.4, 0.5) is 0 Å². The Morgan fingerprint density at radius 2 is 2.04 bits per heavy atom. The number of carbonyl (C=O) groups is 1. The smallest absolute Gasteiger partial charge is 0.220 e. The Hall–Kier alpha value is -2.10. The van der Waals surface area contributed by atoms with Crippen LogP contribution in [0, 0.1) is 0 Å². The van der Waals surface area contributed by atoms with Gasteiger partial charge in [-0.25, -0.2) is 4.68 Å². The van der Waals surface area contributed by atoms with Gasteiger partial charge in [-0.2, -0.15) is 5.10 Å². The van der Waals surface area contributed by atoms with Gasteiger partial charge in [0, 0.05) is 18.7 Å². The van der Waals surface area contributed by atoms with Gasteiger partial charge in [0.1, 0.15) is 0 Å². The first-order valence-corrected chi connectivity index (χ1v) is 8.57. The largest absolute Gasteiger partial charge is 0.354 e. The van der Waals surface area contributed by atoms with E-state index in [0.717, 1.165) is 24.1 Å². The highest BCUT2D eigenvalue weighted by atomic mass is 16.1. The van der Waals surface area contributed by atoms with E-state index in [4.69, 9.17) is 0 Å². The summed E-state index contributed by atoms with van der Waals surface area (Å²) in [6.45, 7) is 4.28. The van der Waals surface area contributed by atoms with Crippen molar-refractivity contribution in [3.8, 4) is 5.69 Å². The number of unbranched alkanes of at least 4 members (excludes halogenated alkanes) is 2. The lowest BCUT2D eigenvalue weighted by Crippen LogP contribution is -2.32. The lowest BCUT2D eigenvalue weighted by molar-refractivity contribution is -0.121. The number of hydrogen-bond donors (Lipinski definition) is 1. The van der Waals surface area contributed by atoms with Crippen molar-refractivity contribution in [2.24, 2.45) is 0 Å². The van der Waals surface area contributed by atoms with Crippen LogP contribution in [0.25, 0.3) is 5.69 Å². The second-order valence-corrected chi connectivity index (χ2v) is 6.09. The Kier molecular flexibility index (Phi) is 6.85. The lowest BCUT2D eigenvalue weighted by Gasteiger charge is -2.13. The quantitative estimate of drug-likeness (QED) is 0.714. The van der Waals surface area contributed by atoms with E-state index in [1.807, 2.05) is 47.4 Å². The molecule has 23 heavy (non-hydrogen) atoms. The number of para-hydroxylation sites is 1. The molecule has 2 aromatic rings. The minimum Gasteiger partial charge on any atom is -0.354 e. The van der Waals surface area contributed by atoms with Crippen LogP contribution in [0.15, 0.2) is 42.7 Å². The fourth-order valence-electron chi connectivity index (χ4n) is 2.59. The molecular weight excluding hydrogens is 286 g/mol. The lowest BCUT2D eigenvalue weighted by atomic mass is 10.1. The first-order chi connectivity index (χ1) is 11.2. The first kappa shape index (κ1) is 17.3. The molecular formula is C19H27N3O. The van der Waals surface area contributed by atoms with Crippen molar-refractivity contribution in [1.82, 2.24) is 15.1 Å². The van der Waals surface area contributed by atoms with Crippen molar-refractivity contribution in [3.63, 3.8) is 0 Å². The van der Waals surface area contributed by atoms with Gasteiger partial charge >= 0.3 is 0 Å². The van der Waals surface area contributed by atoms with E-state index >= 15 is 0 Å². The average Bonchev–Trinajstić information content (AvgIpc) is 3.03. The second-order valence-electron chi connectivity index (χ2n) is 6.09. The summed E-state index contributed by atoms with van der Waals surface area (Å²) in [5.74, 6) is 0.126. The van der Waals surface area contributed by atoms with Crippen LogP contribution in [0.5, 0.6) is 0 Å². The van der Waals surface area contributed by atoms with Crippen LogP contribution < -0.4 is 5.32 Å². The molecule has 1 N–H and O–H groups in total. The number of benzene rings is 1. The molecule has 0 aliphatic rings. The van der Waals surface area contributed by atoms with Crippen molar-refractivity contribution < 1.29 is 4.79 Å². The molecule has 0 aliphatic carbocycles. The SMILES string of the molecule is CCCCCC(C)NC(=O)CCc1cnn(-c2ccccc2)c1. The first-order valence-electron chi connectivity index (χ1n) is 8.57. The summed E-state index contributed by atoms with van der Waals surface area (Å²) >= 11 is 0. The predicted octanol–water partition coefficient (Wildman–Crippen LogP) is 3.89. The second kappa shape index (κ2) is 9.13. The molecule has 1 aromatic heterocycles. The zero-order valence-electron chi connectivity index (χ0n) is 14.2. The number of nitrogens with one attached hydrogen (secondary N) is 1. The Morgan fingerprint density at radius 1 is 1.26 bits per heavy atom. The average molecular weight is 313 g/mol. The van der Waals surface area contributed by atoms with Crippen LogP contribution in [-0.4, -0.2) is 21.7 Å². The molecule has 1 atom stereocenters. The summed E-state index contributed by atoms with van der Waals surface area (Å²) in [5, 5.41) is 7.44. The highest BCUT2D eigenvalue weighted by Gasteiger charge is 2.08. The summed E-state index contributed by atoms with van der Waals surface area (Å²) in [6, 6.07) is 10.3. The molecule has 0 saturated carbocycles. The molecule has 1 amide bonds. The molecule has 0 radical (unpaired) electrons. The molecule has 1 unspecified atom stereocenters. The maximum atomic E-state index is 12.0. The summed E-state index contributed by atoms with van der Waals surface area (Å²) in [6.07, 6.45) is 9.76. The minimum absolute atomic E-state index is 0.126. The van der Waals surface area contributed by atoms with Gasteiger partial charge in [0.25, 0.3) is 0 Å². The Balaban J connectivity index is 1.75. The molecule has 2 rings (SSSR count). The molecule has 0 aliphatic heterocycles. The number of hydrogen-bond acceptors (Lipinski definition) is 2. The van der Waals surface area contributed by atoms with Crippen LogP contribution in [0.3, 0.4) is 0 Å².